The number of carbonyl (C=O) groups excluding carboxylic acids is 3. The van der Waals surface area contributed by atoms with Crippen molar-refractivity contribution in [2.45, 2.75) is 33.4 Å². The quantitative estimate of drug-likeness (QED) is 0.0708. The van der Waals surface area contributed by atoms with Crippen molar-refractivity contribution in [1.82, 2.24) is 19.2 Å². The van der Waals surface area contributed by atoms with E-state index in [2.05, 4.69) is 20.3 Å². The van der Waals surface area contributed by atoms with Gasteiger partial charge in [-0.2, -0.15) is 10.1 Å². The summed E-state index contributed by atoms with van der Waals surface area (Å²) in [5.74, 6) is -0.694. The van der Waals surface area contributed by atoms with Gasteiger partial charge in [-0.3, -0.25) is 19.2 Å². The Morgan fingerprint density at radius 3 is 2.55 bits per heavy atom. The minimum atomic E-state index is -0.602. The van der Waals surface area contributed by atoms with E-state index in [1.807, 2.05) is 30.6 Å². The molecule has 1 aliphatic heterocycles. The van der Waals surface area contributed by atoms with E-state index in [1.165, 1.54) is 31.6 Å². The normalized spacial score (nSPS) is 13.9. The summed E-state index contributed by atoms with van der Waals surface area (Å²) >= 11 is 1.25. The molecule has 5 N–H and O–H groups in total. The lowest BCUT2D eigenvalue weighted by atomic mass is 10.1. The molecule has 16 heteroatoms. The number of thiazole rings is 1. The minimum absolute atomic E-state index is 0.254. The van der Waals surface area contributed by atoms with E-state index in [0.29, 0.717) is 81.1 Å². The third kappa shape index (κ3) is 8.95. The van der Waals surface area contributed by atoms with Gasteiger partial charge in [0.25, 0.3) is 5.91 Å². The number of anilines is 2. The highest BCUT2D eigenvalue weighted by atomic mass is 32.1. The third-order valence-corrected chi connectivity index (χ3v) is 9.27. The number of rotatable bonds is 15. The molecule has 51 heavy (non-hydrogen) atoms. The van der Waals surface area contributed by atoms with Crippen molar-refractivity contribution in [3.8, 4) is 11.5 Å². The average Bonchev–Trinajstić information content (AvgIpc) is 3.69. The molecule has 3 heterocycles. The molecule has 15 nitrogen and oxygen atoms in total. The largest absolute Gasteiger partial charge is 0.494 e. The Bertz CT molecular complexity index is 1990. The fraction of sp³-hybridized carbons (Fsp3) is 0.400. The predicted octanol–water partition coefficient (Wildman–Crippen LogP) is 3.21. The second-order valence-electron chi connectivity index (χ2n) is 11.7. The smallest absolute Gasteiger partial charge is 0.338 e. The maximum atomic E-state index is 13.4. The lowest BCUT2D eigenvalue weighted by Crippen LogP contribution is -2.37. The molecule has 0 saturated carbocycles. The number of benzene rings is 2. The van der Waals surface area contributed by atoms with Crippen LogP contribution in [0.5, 0.6) is 11.5 Å². The van der Waals surface area contributed by atoms with Gasteiger partial charge in [-0.15, -0.1) is 0 Å². The number of amides is 2. The number of carbonyl (C=O) groups is 3. The fourth-order valence-electron chi connectivity index (χ4n) is 5.72. The predicted molar refractivity (Wildman–Crippen MR) is 195 cm³/mol. The van der Waals surface area contributed by atoms with Gasteiger partial charge in [-0.25, -0.2) is 4.79 Å². The number of aryl methyl sites for hydroxylation is 2. The number of primary amides is 1. The Hall–Kier alpha value is -5.19. The first kappa shape index (κ1) is 37.1. The number of hydrogen-bond donors (Lipinski definition) is 3. The number of allylic oxidation sites excluding steroid dienone is 1. The van der Waals surface area contributed by atoms with Crippen LogP contribution in [-0.4, -0.2) is 97.3 Å². The van der Waals surface area contributed by atoms with Crippen molar-refractivity contribution < 1.29 is 33.3 Å². The number of fused-ring (bicyclic) bond motifs is 1. The molecule has 272 valence electrons. The Morgan fingerprint density at radius 2 is 1.84 bits per heavy atom. The molecule has 1 saturated heterocycles. The van der Waals surface area contributed by atoms with Crippen molar-refractivity contribution in [2.75, 3.05) is 71.3 Å². The summed E-state index contributed by atoms with van der Waals surface area (Å²) in [6.07, 6.45) is 4.59. The van der Waals surface area contributed by atoms with Crippen LogP contribution < -0.4 is 31.1 Å². The molecule has 2 amide bonds. The summed E-state index contributed by atoms with van der Waals surface area (Å²) in [6, 6.07) is 8.12. The Labute approximate surface area is 299 Å². The van der Waals surface area contributed by atoms with Crippen LogP contribution in [0.15, 0.2) is 47.5 Å². The van der Waals surface area contributed by atoms with Crippen LogP contribution >= 0.6 is 11.3 Å². The van der Waals surface area contributed by atoms with Crippen molar-refractivity contribution in [1.29, 1.82) is 0 Å². The number of hydrogen-bond acceptors (Lipinski definition) is 12. The van der Waals surface area contributed by atoms with Crippen LogP contribution in [0.4, 0.5) is 11.4 Å². The van der Waals surface area contributed by atoms with Gasteiger partial charge in [0.2, 0.25) is 5.91 Å². The molecule has 1 aliphatic rings. The van der Waals surface area contributed by atoms with Gasteiger partial charge >= 0.3 is 5.97 Å². The number of methoxy groups -OCH3 is 2. The lowest BCUT2D eigenvalue weighted by molar-refractivity contribution is 0.0358. The number of nitrogen functional groups attached to an aromatic ring is 1. The summed E-state index contributed by atoms with van der Waals surface area (Å²) in [4.78, 5) is 45.0. The van der Waals surface area contributed by atoms with Gasteiger partial charge in [0, 0.05) is 44.8 Å². The lowest BCUT2D eigenvalue weighted by Gasteiger charge is -2.26. The zero-order valence-electron chi connectivity index (χ0n) is 29.3. The Balaban J connectivity index is 1.38. The molecular weight excluding hydrogens is 677 g/mol. The van der Waals surface area contributed by atoms with E-state index >= 15 is 0 Å². The second-order valence-corrected chi connectivity index (χ2v) is 12.7. The van der Waals surface area contributed by atoms with E-state index in [-0.39, 0.29) is 5.56 Å². The number of nitrogens with one attached hydrogen (secondary N) is 1. The first-order valence-electron chi connectivity index (χ1n) is 16.6. The van der Waals surface area contributed by atoms with Gasteiger partial charge in [0.1, 0.15) is 28.4 Å². The number of esters is 1. The van der Waals surface area contributed by atoms with Crippen LogP contribution in [0.3, 0.4) is 0 Å². The standard InChI is InChI=1S/C35H44N8O7S/c1-5-43-26(17-22(2)40-43)33(45)39-35-42(31-28(47-3)20-24(34(46)48-4)21-29(31)51-35)11-7-6-9-38-30-25(36)18-23(32(37)44)19-27(30)50-14-8-10-41-12-15-49-16-13-41/h6-7,17-21,38H,5,8-16,36H2,1-4H3,(H2,37,44)/b7-6+,39-35?. The number of morpholine rings is 1. The number of aromatic nitrogens is 3. The summed E-state index contributed by atoms with van der Waals surface area (Å²) in [5.41, 5.74) is 15.1. The molecule has 0 atom stereocenters. The first-order valence-corrected chi connectivity index (χ1v) is 17.4. The zero-order valence-corrected chi connectivity index (χ0v) is 30.1. The molecule has 2 aromatic heterocycles. The molecule has 0 bridgehead atoms. The van der Waals surface area contributed by atoms with Crippen LogP contribution in [0, 0.1) is 6.92 Å². The van der Waals surface area contributed by atoms with E-state index in [9.17, 15) is 14.4 Å². The third-order valence-electron chi connectivity index (χ3n) is 8.25. The van der Waals surface area contributed by atoms with Gasteiger partial charge in [0.05, 0.1) is 55.7 Å². The van der Waals surface area contributed by atoms with Crippen LogP contribution in [0.2, 0.25) is 0 Å². The van der Waals surface area contributed by atoms with E-state index in [1.54, 1.807) is 28.9 Å². The van der Waals surface area contributed by atoms with E-state index < -0.39 is 17.8 Å². The molecule has 0 radical (unpaired) electrons. The minimum Gasteiger partial charge on any atom is -0.494 e. The SMILES string of the molecule is CCn1nc(C)cc1C(=O)N=c1sc2cc(C(=O)OC)cc(OC)c2n1C/C=C/CNc1c(N)cc(C(N)=O)cc1OCCCN1CCOCC1. The zero-order chi connectivity index (χ0) is 36.5. The molecule has 5 rings (SSSR count). The summed E-state index contributed by atoms with van der Waals surface area (Å²) in [7, 11) is 2.82. The molecule has 2 aromatic carbocycles. The molecule has 1 fully saturated rings. The number of nitrogens with two attached hydrogens (primary N) is 2. The maximum Gasteiger partial charge on any atom is 0.338 e. The highest BCUT2D eigenvalue weighted by molar-refractivity contribution is 7.16. The van der Waals surface area contributed by atoms with Gasteiger partial charge in [0.15, 0.2) is 4.80 Å². The number of nitrogens with zero attached hydrogens (tertiary/aromatic N) is 5. The number of ether oxygens (including phenoxy) is 4. The van der Waals surface area contributed by atoms with Crippen molar-refractivity contribution in [2.24, 2.45) is 10.7 Å². The molecule has 0 aliphatic carbocycles. The molecule has 4 aromatic rings. The van der Waals surface area contributed by atoms with E-state index in [4.69, 9.17) is 30.4 Å². The highest BCUT2D eigenvalue weighted by Crippen LogP contribution is 2.33. The van der Waals surface area contributed by atoms with Gasteiger partial charge < -0.3 is 40.3 Å². The van der Waals surface area contributed by atoms with Gasteiger partial charge in [-0.05, 0) is 50.6 Å². The second kappa shape index (κ2) is 17.2. The molecular formula is C35H44N8O7S. The van der Waals surface area contributed by atoms with Crippen molar-refractivity contribution in [3.05, 3.63) is 69.8 Å². The van der Waals surface area contributed by atoms with Gasteiger partial charge in [-0.1, -0.05) is 23.5 Å². The molecule has 0 unspecified atom stereocenters. The fourth-order valence-corrected chi connectivity index (χ4v) is 6.82. The van der Waals surface area contributed by atoms with Crippen molar-refractivity contribution in [3.63, 3.8) is 0 Å². The molecule has 0 spiro atoms. The highest BCUT2D eigenvalue weighted by Gasteiger charge is 2.19. The van der Waals surface area contributed by atoms with Crippen molar-refractivity contribution >= 4 is 50.7 Å². The Morgan fingerprint density at radius 1 is 1.08 bits per heavy atom. The Kier molecular flexibility index (Phi) is 12.5. The average molecular weight is 721 g/mol. The first-order chi connectivity index (χ1) is 24.6. The van der Waals surface area contributed by atoms with Crippen LogP contribution in [0.1, 0.15) is 50.2 Å². The van der Waals surface area contributed by atoms with E-state index in [0.717, 1.165) is 39.3 Å². The monoisotopic (exact) mass is 720 g/mol. The summed E-state index contributed by atoms with van der Waals surface area (Å²) in [5, 5.41) is 7.68. The summed E-state index contributed by atoms with van der Waals surface area (Å²) < 4.78 is 26.3. The summed E-state index contributed by atoms with van der Waals surface area (Å²) in [6.45, 7) is 9.43. The van der Waals surface area contributed by atoms with Crippen LogP contribution in [-0.2, 0) is 22.6 Å². The maximum absolute atomic E-state index is 13.4. The van der Waals surface area contributed by atoms with Crippen LogP contribution in [0.25, 0.3) is 10.2 Å². The topological polar surface area (TPSA) is 191 Å².